The second-order valence-corrected chi connectivity index (χ2v) is 6.32. The molecule has 19 heavy (non-hydrogen) atoms. The second kappa shape index (κ2) is 7.30. The van der Waals surface area contributed by atoms with E-state index in [-0.39, 0.29) is 0 Å². The zero-order valence-electron chi connectivity index (χ0n) is 11.9. The normalized spacial score (nSPS) is 23.3. The molecular weight excluding hydrogens is 302 g/mol. The molecule has 0 amide bonds. The molecule has 0 unspecified atom stereocenters. The molecule has 2 rings (SSSR count). The summed E-state index contributed by atoms with van der Waals surface area (Å²) >= 11 is 3.61. The Hall–Kier alpha value is -0.540. The molecule has 0 spiro atoms. The van der Waals surface area contributed by atoms with Gasteiger partial charge in [-0.25, -0.2) is 0 Å². The summed E-state index contributed by atoms with van der Waals surface area (Å²) in [7, 11) is 1.71. The predicted molar refractivity (Wildman–Crippen MR) is 83.6 cm³/mol. The average molecular weight is 326 g/mol. The first kappa shape index (κ1) is 14.9. The number of hydrogen-bond donors (Lipinski definition) is 1. The summed E-state index contributed by atoms with van der Waals surface area (Å²) in [6, 6.07) is 6.83. The molecule has 2 nitrogen and oxygen atoms in total. The van der Waals surface area contributed by atoms with Crippen LogP contribution < -0.4 is 10.1 Å². The summed E-state index contributed by atoms with van der Waals surface area (Å²) in [4.78, 5) is 0. The molecule has 0 saturated heterocycles. The molecule has 1 fully saturated rings. The van der Waals surface area contributed by atoms with Crippen LogP contribution in [0.2, 0.25) is 0 Å². The Morgan fingerprint density at radius 3 is 2.63 bits per heavy atom. The van der Waals surface area contributed by atoms with Crippen LogP contribution in [0.1, 0.15) is 44.6 Å². The molecule has 0 atom stereocenters. The summed E-state index contributed by atoms with van der Waals surface area (Å²) in [5.41, 5.74) is 1.27. The summed E-state index contributed by atoms with van der Waals surface area (Å²) in [5, 5.41) is 3.69. The lowest BCUT2D eigenvalue weighted by atomic mass is 9.84. The van der Waals surface area contributed by atoms with Gasteiger partial charge in [0.2, 0.25) is 0 Å². The first-order valence-electron chi connectivity index (χ1n) is 7.28. The van der Waals surface area contributed by atoms with Crippen LogP contribution in [0, 0.1) is 5.92 Å². The van der Waals surface area contributed by atoms with Gasteiger partial charge in [0.25, 0.3) is 0 Å². The smallest absolute Gasteiger partial charge is 0.119 e. The molecule has 0 aromatic heterocycles. The number of benzene rings is 1. The lowest BCUT2D eigenvalue weighted by molar-refractivity contribution is 0.285. The van der Waals surface area contributed by atoms with Crippen molar-refractivity contribution in [2.45, 2.75) is 51.6 Å². The molecule has 0 aliphatic heterocycles. The average Bonchev–Trinajstić information content (AvgIpc) is 2.47. The topological polar surface area (TPSA) is 21.3 Å². The van der Waals surface area contributed by atoms with Gasteiger partial charge < -0.3 is 10.1 Å². The molecule has 1 aromatic rings. The number of ether oxygens (including phenoxy) is 1. The highest BCUT2D eigenvalue weighted by Gasteiger charge is 2.19. The van der Waals surface area contributed by atoms with Gasteiger partial charge in [0.15, 0.2) is 0 Å². The van der Waals surface area contributed by atoms with Gasteiger partial charge in [0, 0.05) is 17.1 Å². The van der Waals surface area contributed by atoms with Crippen LogP contribution in [0.3, 0.4) is 0 Å². The Balaban J connectivity index is 1.85. The third kappa shape index (κ3) is 4.22. The number of nitrogens with one attached hydrogen (secondary N) is 1. The molecule has 1 aliphatic carbocycles. The minimum Gasteiger partial charge on any atom is -0.497 e. The molecule has 1 N–H and O–H groups in total. The summed E-state index contributed by atoms with van der Waals surface area (Å²) in [5.74, 6) is 1.89. The fraction of sp³-hybridized carbons (Fsp3) is 0.625. The first-order valence-corrected chi connectivity index (χ1v) is 8.08. The van der Waals surface area contributed by atoms with Crippen LogP contribution in [0.4, 0.5) is 0 Å². The van der Waals surface area contributed by atoms with Crippen molar-refractivity contribution in [3.05, 3.63) is 28.2 Å². The molecule has 1 saturated carbocycles. The van der Waals surface area contributed by atoms with Crippen molar-refractivity contribution >= 4 is 15.9 Å². The van der Waals surface area contributed by atoms with Gasteiger partial charge in [0.05, 0.1) is 7.11 Å². The quantitative estimate of drug-likeness (QED) is 0.859. The van der Waals surface area contributed by atoms with Crippen molar-refractivity contribution < 1.29 is 4.74 Å². The standard InChI is InChI=1S/C16H24BrNO/c1-3-12-4-6-14(7-5-12)18-11-13-10-15(19-2)8-9-16(13)17/h8-10,12,14,18H,3-7,11H2,1-2H3. The van der Waals surface area contributed by atoms with Crippen LogP contribution in [-0.4, -0.2) is 13.2 Å². The van der Waals surface area contributed by atoms with E-state index >= 15 is 0 Å². The fourth-order valence-corrected chi connectivity index (χ4v) is 3.23. The zero-order valence-corrected chi connectivity index (χ0v) is 13.5. The Kier molecular flexibility index (Phi) is 5.71. The Morgan fingerprint density at radius 2 is 2.00 bits per heavy atom. The summed E-state index contributed by atoms with van der Waals surface area (Å²) < 4.78 is 6.44. The molecule has 0 heterocycles. The van der Waals surface area contributed by atoms with Crippen molar-refractivity contribution in [1.29, 1.82) is 0 Å². The second-order valence-electron chi connectivity index (χ2n) is 5.46. The maximum atomic E-state index is 5.28. The van der Waals surface area contributed by atoms with Crippen LogP contribution in [-0.2, 0) is 6.54 Å². The van der Waals surface area contributed by atoms with Crippen LogP contribution >= 0.6 is 15.9 Å². The molecule has 106 valence electrons. The van der Waals surface area contributed by atoms with E-state index < -0.39 is 0 Å². The van der Waals surface area contributed by atoms with E-state index in [0.29, 0.717) is 6.04 Å². The van der Waals surface area contributed by atoms with Gasteiger partial charge in [-0.15, -0.1) is 0 Å². The van der Waals surface area contributed by atoms with E-state index in [2.05, 4.69) is 40.3 Å². The third-order valence-electron chi connectivity index (χ3n) is 4.26. The van der Waals surface area contributed by atoms with E-state index in [1.165, 1.54) is 37.7 Å². The highest BCUT2D eigenvalue weighted by atomic mass is 79.9. The number of rotatable bonds is 5. The number of hydrogen-bond acceptors (Lipinski definition) is 2. The van der Waals surface area contributed by atoms with Gasteiger partial charge in [-0.2, -0.15) is 0 Å². The highest BCUT2D eigenvalue weighted by molar-refractivity contribution is 9.10. The van der Waals surface area contributed by atoms with Gasteiger partial charge in [0.1, 0.15) is 5.75 Å². The van der Waals surface area contributed by atoms with E-state index in [4.69, 9.17) is 4.74 Å². The molecule has 0 bridgehead atoms. The fourth-order valence-electron chi connectivity index (χ4n) is 2.84. The number of methoxy groups -OCH3 is 1. The molecule has 3 heteroatoms. The minimum absolute atomic E-state index is 0.681. The predicted octanol–water partition coefficient (Wildman–Crippen LogP) is 4.52. The van der Waals surface area contributed by atoms with Gasteiger partial charge in [-0.3, -0.25) is 0 Å². The first-order chi connectivity index (χ1) is 9.22. The monoisotopic (exact) mass is 325 g/mol. The maximum Gasteiger partial charge on any atom is 0.119 e. The highest BCUT2D eigenvalue weighted by Crippen LogP contribution is 2.27. The third-order valence-corrected chi connectivity index (χ3v) is 5.03. The molecule has 0 radical (unpaired) electrons. The molecular formula is C16H24BrNO. The minimum atomic E-state index is 0.681. The summed E-state index contributed by atoms with van der Waals surface area (Å²) in [6.07, 6.45) is 6.75. The van der Waals surface area contributed by atoms with Gasteiger partial charge in [-0.1, -0.05) is 29.3 Å². The van der Waals surface area contributed by atoms with E-state index in [9.17, 15) is 0 Å². The van der Waals surface area contributed by atoms with Gasteiger partial charge in [-0.05, 0) is 55.4 Å². The lowest BCUT2D eigenvalue weighted by Crippen LogP contribution is -2.32. The molecule has 1 aliphatic rings. The lowest BCUT2D eigenvalue weighted by Gasteiger charge is -2.28. The zero-order chi connectivity index (χ0) is 13.7. The van der Waals surface area contributed by atoms with Crippen molar-refractivity contribution in [3.63, 3.8) is 0 Å². The van der Waals surface area contributed by atoms with Gasteiger partial charge >= 0.3 is 0 Å². The SMILES string of the molecule is CCC1CCC(NCc2cc(OC)ccc2Br)CC1. The Morgan fingerprint density at radius 1 is 1.26 bits per heavy atom. The van der Waals surface area contributed by atoms with E-state index in [1.54, 1.807) is 7.11 Å². The van der Waals surface area contributed by atoms with E-state index in [1.807, 2.05) is 6.07 Å². The van der Waals surface area contributed by atoms with E-state index in [0.717, 1.165) is 22.7 Å². The van der Waals surface area contributed by atoms with Crippen molar-refractivity contribution in [2.75, 3.05) is 7.11 Å². The molecule has 1 aromatic carbocycles. The van der Waals surface area contributed by atoms with Crippen molar-refractivity contribution in [3.8, 4) is 5.75 Å². The Bertz CT molecular complexity index is 400. The van der Waals surface area contributed by atoms with Crippen molar-refractivity contribution in [1.82, 2.24) is 5.32 Å². The van der Waals surface area contributed by atoms with Crippen LogP contribution in [0.5, 0.6) is 5.75 Å². The van der Waals surface area contributed by atoms with Crippen LogP contribution in [0.15, 0.2) is 22.7 Å². The van der Waals surface area contributed by atoms with Crippen molar-refractivity contribution in [2.24, 2.45) is 5.92 Å². The largest absolute Gasteiger partial charge is 0.497 e. The number of halogens is 1. The van der Waals surface area contributed by atoms with Crippen LogP contribution in [0.25, 0.3) is 0 Å². The maximum absolute atomic E-state index is 5.28. The summed E-state index contributed by atoms with van der Waals surface area (Å²) in [6.45, 7) is 3.23. The Labute approximate surface area is 125 Å².